The van der Waals surface area contributed by atoms with Crippen LogP contribution in [0.2, 0.25) is 0 Å². The van der Waals surface area contributed by atoms with E-state index in [1.165, 1.54) is 0 Å². The number of ether oxygens (including phenoxy) is 1. The van der Waals surface area contributed by atoms with Gasteiger partial charge in [0, 0.05) is 32.2 Å². The molecule has 1 fully saturated rings. The lowest BCUT2D eigenvalue weighted by Crippen LogP contribution is -2.37. The van der Waals surface area contributed by atoms with Crippen molar-refractivity contribution >= 4 is 21.7 Å². The minimum atomic E-state index is -3.59. The van der Waals surface area contributed by atoms with Crippen molar-refractivity contribution in [1.82, 2.24) is 14.7 Å². The van der Waals surface area contributed by atoms with Crippen molar-refractivity contribution in [2.24, 2.45) is 0 Å². The zero-order chi connectivity index (χ0) is 22.4. The molecule has 0 spiro atoms. The smallest absolute Gasteiger partial charge is 0.240 e. The van der Waals surface area contributed by atoms with Crippen LogP contribution in [0, 0.1) is 6.92 Å². The molecule has 0 aliphatic carbocycles. The molecule has 0 atom stereocenters. The number of hydrogen-bond donors (Lipinski definition) is 2. The average molecular weight is 454 g/mol. The number of nitrogens with one attached hydrogen (secondary N) is 2. The molecular formula is C23H27N5O3S. The van der Waals surface area contributed by atoms with E-state index in [4.69, 9.17) is 4.74 Å². The summed E-state index contributed by atoms with van der Waals surface area (Å²) in [4.78, 5) is 11.3. The van der Waals surface area contributed by atoms with Gasteiger partial charge in [0.25, 0.3) is 0 Å². The zero-order valence-corrected chi connectivity index (χ0v) is 18.8. The van der Waals surface area contributed by atoms with Gasteiger partial charge in [-0.3, -0.25) is 0 Å². The van der Waals surface area contributed by atoms with Crippen molar-refractivity contribution in [3.05, 3.63) is 66.5 Å². The van der Waals surface area contributed by atoms with E-state index in [1.54, 1.807) is 12.1 Å². The molecule has 0 bridgehead atoms. The first kappa shape index (κ1) is 22.2. The van der Waals surface area contributed by atoms with Crippen LogP contribution < -0.4 is 14.9 Å². The van der Waals surface area contributed by atoms with E-state index >= 15 is 0 Å². The van der Waals surface area contributed by atoms with E-state index in [-0.39, 0.29) is 11.4 Å². The maximum Gasteiger partial charge on any atom is 0.240 e. The number of nitrogens with zero attached hydrogens (tertiary/aromatic N) is 3. The Morgan fingerprint density at radius 2 is 1.62 bits per heavy atom. The van der Waals surface area contributed by atoms with Gasteiger partial charge in [0.05, 0.1) is 18.1 Å². The highest BCUT2D eigenvalue weighted by Crippen LogP contribution is 2.21. The standard InChI is InChI=1S/C23H27N5O3S/c1-18-26-22(17-23(27-18)28-13-15-31-16-14-28)24-11-12-25-32(29,30)21-9-7-20(8-10-21)19-5-3-2-4-6-19/h2-10,17,25H,11-16H2,1H3,(H,24,26,27). The molecule has 1 aliphatic heterocycles. The monoisotopic (exact) mass is 453 g/mol. The fourth-order valence-electron chi connectivity index (χ4n) is 3.51. The Labute approximate surface area is 188 Å². The van der Waals surface area contributed by atoms with Gasteiger partial charge < -0.3 is 15.0 Å². The zero-order valence-electron chi connectivity index (χ0n) is 18.0. The van der Waals surface area contributed by atoms with E-state index < -0.39 is 10.0 Å². The number of morpholine rings is 1. The van der Waals surface area contributed by atoms with Gasteiger partial charge in [-0.2, -0.15) is 0 Å². The highest BCUT2D eigenvalue weighted by atomic mass is 32.2. The molecule has 9 heteroatoms. The van der Waals surface area contributed by atoms with E-state index in [9.17, 15) is 8.42 Å². The van der Waals surface area contributed by atoms with E-state index in [0.717, 1.165) is 30.0 Å². The molecule has 2 aromatic carbocycles. The minimum Gasteiger partial charge on any atom is -0.378 e. The fourth-order valence-corrected chi connectivity index (χ4v) is 4.55. The second kappa shape index (κ2) is 10.1. The lowest BCUT2D eigenvalue weighted by molar-refractivity contribution is 0.122. The molecule has 3 aromatic rings. The van der Waals surface area contributed by atoms with E-state index in [1.807, 2.05) is 55.5 Å². The predicted octanol–water partition coefficient (Wildman–Crippen LogP) is 2.68. The molecule has 2 heterocycles. The third kappa shape index (κ3) is 5.61. The molecule has 4 rings (SSSR count). The summed E-state index contributed by atoms with van der Waals surface area (Å²) >= 11 is 0. The molecule has 0 saturated carbocycles. The van der Waals surface area contributed by atoms with Crippen LogP contribution in [0.1, 0.15) is 5.82 Å². The average Bonchev–Trinajstić information content (AvgIpc) is 2.83. The van der Waals surface area contributed by atoms with Crippen LogP contribution >= 0.6 is 0 Å². The van der Waals surface area contributed by atoms with Crippen molar-refractivity contribution in [3.8, 4) is 11.1 Å². The first-order valence-electron chi connectivity index (χ1n) is 10.6. The van der Waals surface area contributed by atoms with E-state index in [0.29, 0.717) is 31.4 Å². The summed E-state index contributed by atoms with van der Waals surface area (Å²) in [7, 11) is -3.59. The van der Waals surface area contributed by atoms with Crippen LogP contribution in [0.25, 0.3) is 11.1 Å². The molecule has 0 amide bonds. The molecule has 32 heavy (non-hydrogen) atoms. The van der Waals surface area contributed by atoms with Crippen LogP contribution in [-0.4, -0.2) is 57.8 Å². The molecule has 0 radical (unpaired) electrons. The van der Waals surface area contributed by atoms with Gasteiger partial charge in [-0.15, -0.1) is 0 Å². The van der Waals surface area contributed by atoms with Crippen molar-refractivity contribution < 1.29 is 13.2 Å². The Morgan fingerprint density at radius 1 is 0.938 bits per heavy atom. The highest BCUT2D eigenvalue weighted by Gasteiger charge is 2.15. The van der Waals surface area contributed by atoms with Crippen molar-refractivity contribution in [1.29, 1.82) is 0 Å². The van der Waals surface area contributed by atoms with E-state index in [2.05, 4.69) is 24.9 Å². The normalized spacial score (nSPS) is 14.3. The lowest BCUT2D eigenvalue weighted by atomic mass is 10.1. The van der Waals surface area contributed by atoms with Crippen LogP contribution in [-0.2, 0) is 14.8 Å². The maximum absolute atomic E-state index is 12.6. The number of aromatic nitrogens is 2. The van der Waals surface area contributed by atoms with Crippen LogP contribution in [0.3, 0.4) is 0 Å². The number of sulfonamides is 1. The summed E-state index contributed by atoms with van der Waals surface area (Å²) < 4.78 is 33.3. The molecule has 1 aromatic heterocycles. The summed E-state index contributed by atoms with van der Waals surface area (Å²) in [5, 5.41) is 3.18. The van der Waals surface area contributed by atoms with Gasteiger partial charge in [-0.05, 0) is 30.2 Å². The summed E-state index contributed by atoms with van der Waals surface area (Å²) in [6, 6.07) is 18.6. The van der Waals surface area contributed by atoms with Gasteiger partial charge in [0.15, 0.2) is 0 Å². The second-order valence-electron chi connectivity index (χ2n) is 7.47. The second-order valence-corrected chi connectivity index (χ2v) is 9.24. The Hall–Kier alpha value is -3.01. The topological polar surface area (TPSA) is 96.5 Å². The predicted molar refractivity (Wildman–Crippen MR) is 125 cm³/mol. The SMILES string of the molecule is Cc1nc(NCCNS(=O)(=O)c2ccc(-c3ccccc3)cc2)cc(N2CCOCC2)n1. The van der Waals surface area contributed by atoms with Crippen molar-refractivity contribution in [2.45, 2.75) is 11.8 Å². The fraction of sp³-hybridized carbons (Fsp3) is 0.304. The molecule has 1 saturated heterocycles. The Morgan fingerprint density at radius 3 is 2.34 bits per heavy atom. The highest BCUT2D eigenvalue weighted by molar-refractivity contribution is 7.89. The molecule has 0 unspecified atom stereocenters. The summed E-state index contributed by atoms with van der Waals surface area (Å²) in [5.74, 6) is 2.18. The van der Waals surface area contributed by atoms with Gasteiger partial charge >= 0.3 is 0 Å². The Bertz CT molecular complexity index is 1130. The van der Waals surface area contributed by atoms with Crippen molar-refractivity contribution in [3.63, 3.8) is 0 Å². The van der Waals surface area contributed by atoms with Gasteiger partial charge in [-0.1, -0.05) is 42.5 Å². The molecule has 2 N–H and O–H groups in total. The first-order chi connectivity index (χ1) is 15.5. The summed E-state index contributed by atoms with van der Waals surface area (Å²) in [6.07, 6.45) is 0. The third-order valence-electron chi connectivity index (χ3n) is 5.15. The number of rotatable bonds is 8. The Balaban J connectivity index is 1.32. The number of aryl methyl sites for hydroxylation is 1. The number of benzene rings is 2. The van der Waals surface area contributed by atoms with Crippen LogP contribution in [0.4, 0.5) is 11.6 Å². The molecule has 168 valence electrons. The largest absolute Gasteiger partial charge is 0.378 e. The molecular weight excluding hydrogens is 426 g/mol. The quantitative estimate of drug-likeness (QED) is 0.506. The molecule has 1 aliphatic rings. The number of hydrogen-bond acceptors (Lipinski definition) is 7. The van der Waals surface area contributed by atoms with Crippen molar-refractivity contribution in [2.75, 3.05) is 49.6 Å². The lowest BCUT2D eigenvalue weighted by Gasteiger charge is -2.28. The number of anilines is 2. The minimum absolute atomic E-state index is 0.235. The molecule has 8 nitrogen and oxygen atoms in total. The summed E-state index contributed by atoms with van der Waals surface area (Å²) in [5.41, 5.74) is 2.02. The van der Waals surface area contributed by atoms with Crippen LogP contribution in [0.5, 0.6) is 0 Å². The Kier molecular flexibility index (Phi) is 6.99. The maximum atomic E-state index is 12.6. The van der Waals surface area contributed by atoms with Gasteiger partial charge in [0.1, 0.15) is 17.5 Å². The van der Waals surface area contributed by atoms with Crippen LogP contribution in [0.15, 0.2) is 65.6 Å². The third-order valence-corrected chi connectivity index (χ3v) is 6.63. The van der Waals surface area contributed by atoms with Gasteiger partial charge in [0.2, 0.25) is 10.0 Å². The summed E-state index contributed by atoms with van der Waals surface area (Å²) in [6.45, 7) is 5.42. The first-order valence-corrected chi connectivity index (χ1v) is 12.1. The van der Waals surface area contributed by atoms with Gasteiger partial charge in [-0.25, -0.2) is 23.1 Å².